The van der Waals surface area contributed by atoms with Crippen LogP contribution in [0.2, 0.25) is 0 Å². The largest absolute Gasteiger partial charge is 0.383 e. The Balaban J connectivity index is 1.53. The normalized spacial score (nSPS) is 17.9. The second-order valence-electron chi connectivity index (χ2n) is 5.36. The van der Waals surface area contributed by atoms with Crippen molar-refractivity contribution in [1.82, 2.24) is 19.8 Å². The van der Waals surface area contributed by atoms with Crippen molar-refractivity contribution in [2.24, 2.45) is 0 Å². The number of ether oxygens (including phenoxy) is 1. The van der Waals surface area contributed by atoms with Gasteiger partial charge in [0.05, 0.1) is 24.0 Å². The lowest BCUT2D eigenvalue weighted by atomic mass is 10.1. The molecule has 5 heteroatoms. The Morgan fingerprint density at radius 1 is 1.20 bits per heavy atom. The summed E-state index contributed by atoms with van der Waals surface area (Å²) in [6.45, 7) is 7.43. The molecule has 0 aliphatic carbocycles. The van der Waals surface area contributed by atoms with Gasteiger partial charge in [-0.2, -0.15) is 0 Å². The molecule has 0 radical (unpaired) electrons. The molecular formula is C15H22N4O. The van der Waals surface area contributed by atoms with E-state index in [0.717, 1.165) is 56.9 Å². The lowest BCUT2D eigenvalue weighted by Crippen LogP contribution is -2.46. The van der Waals surface area contributed by atoms with Crippen LogP contribution in [-0.2, 0) is 11.3 Å². The van der Waals surface area contributed by atoms with Gasteiger partial charge in [0.25, 0.3) is 0 Å². The fraction of sp³-hybridized carbons (Fsp3) is 0.533. The number of nitrogens with one attached hydrogen (secondary N) is 1. The van der Waals surface area contributed by atoms with Crippen LogP contribution < -0.4 is 0 Å². The molecule has 1 fully saturated rings. The quantitative estimate of drug-likeness (QED) is 0.893. The molecule has 1 aliphatic rings. The van der Waals surface area contributed by atoms with Gasteiger partial charge in [-0.1, -0.05) is 6.07 Å². The molecule has 0 unspecified atom stereocenters. The molecule has 1 aliphatic heterocycles. The standard InChI is InChI=1S/C15H22N4O/c1-20-9-8-18-4-6-19(7-5-18)11-13-2-3-14-15(10-13)17-12-16-14/h2-3,10,12H,4-9,11H2,1H3,(H,16,17). The predicted molar refractivity (Wildman–Crippen MR) is 79.7 cm³/mol. The second kappa shape index (κ2) is 6.35. The number of methoxy groups -OCH3 is 1. The first kappa shape index (κ1) is 13.5. The Hall–Kier alpha value is -1.43. The Bertz CT molecular complexity index is 546. The van der Waals surface area contributed by atoms with Crippen molar-refractivity contribution in [3.05, 3.63) is 30.1 Å². The molecule has 2 heterocycles. The van der Waals surface area contributed by atoms with Gasteiger partial charge >= 0.3 is 0 Å². The zero-order valence-corrected chi connectivity index (χ0v) is 12.0. The molecular weight excluding hydrogens is 252 g/mol. The highest BCUT2D eigenvalue weighted by Gasteiger charge is 2.16. The Morgan fingerprint density at radius 2 is 2.00 bits per heavy atom. The van der Waals surface area contributed by atoms with Crippen LogP contribution in [0.25, 0.3) is 11.0 Å². The highest BCUT2D eigenvalue weighted by molar-refractivity contribution is 5.74. The number of fused-ring (bicyclic) bond motifs is 1. The van der Waals surface area contributed by atoms with Crippen molar-refractivity contribution in [1.29, 1.82) is 0 Å². The van der Waals surface area contributed by atoms with E-state index in [1.54, 1.807) is 13.4 Å². The van der Waals surface area contributed by atoms with Crippen LogP contribution in [0.3, 0.4) is 0 Å². The molecule has 0 bridgehead atoms. The third kappa shape index (κ3) is 3.17. The molecule has 1 aromatic carbocycles. The van der Waals surface area contributed by atoms with E-state index < -0.39 is 0 Å². The predicted octanol–water partition coefficient (Wildman–Crippen LogP) is 1.33. The fourth-order valence-corrected chi connectivity index (χ4v) is 2.73. The maximum absolute atomic E-state index is 5.14. The Kier molecular flexibility index (Phi) is 4.30. The first-order valence-corrected chi connectivity index (χ1v) is 7.21. The minimum absolute atomic E-state index is 0.830. The number of rotatable bonds is 5. The number of aromatic nitrogens is 2. The average Bonchev–Trinajstić information content (AvgIpc) is 2.94. The summed E-state index contributed by atoms with van der Waals surface area (Å²) in [7, 11) is 1.77. The number of benzene rings is 1. The lowest BCUT2D eigenvalue weighted by molar-refractivity contribution is 0.0938. The first-order valence-electron chi connectivity index (χ1n) is 7.21. The molecule has 108 valence electrons. The highest BCUT2D eigenvalue weighted by Crippen LogP contribution is 2.14. The van der Waals surface area contributed by atoms with E-state index in [4.69, 9.17) is 4.74 Å². The highest BCUT2D eigenvalue weighted by atomic mass is 16.5. The number of hydrogen-bond donors (Lipinski definition) is 1. The van der Waals surface area contributed by atoms with Crippen LogP contribution in [-0.4, -0.2) is 66.2 Å². The molecule has 3 rings (SSSR count). The molecule has 1 N–H and O–H groups in total. The van der Waals surface area contributed by atoms with Gasteiger partial charge in [0.15, 0.2) is 0 Å². The molecule has 20 heavy (non-hydrogen) atoms. The van der Waals surface area contributed by atoms with Gasteiger partial charge in [0, 0.05) is 46.4 Å². The number of H-pyrrole nitrogens is 1. The molecule has 5 nitrogen and oxygen atoms in total. The van der Waals surface area contributed by atoms with Crippen LogP contribution in [0, 0.1) is 0 Å². The minimum atomic E-state index is 0.830. The van der Waals surface area contributed by atoms with E-state index in [0.29, 0.717) is 0 Å². The number of nitrogens with zero attached hydrogens (tertiary/aromatic N) is 3. The minimum Gasteiger partial charge on any atom is -0.383 e. The van der Waals surface area contributed by atoms with Crippen LogP contribution in [0.15, 0.2) is 24.5 Å². The van der Waals surface area contributed by atoms with E-state index in [1.165, 1.54) is 5.56 Å². The molecule has 2 aromatic rings. The summed E-state index contributed by atoms with van der Waals surface area (Å²) in [5.74, 6) is 0. The maximum Gasteiger partial charge on any atom is 0.0931 e. The number of aromatic amines is 1. The lowest BCUT2D eigenvalue weighted by Gasteiger charge is -2.34. The fourth-order valence-electron chi connectivity index (χ4n) is 2.73. The van der Waals surface area contributed by atoms with Crippen molar-refractivity contribution in [2.75, 3.05) is 46.4 Å². The van der Waals surface area contributed by atoms with Crippen molar-refractivity contribution >= 4 is 11.0 Å². The van der Waals surface area contributed by atoms with Gasteiger partial charge in [-0.25, -0.2) is 4.98 Å². The third-order valence-electron chi connectivity index (χ3n) is 3.97. The summed E-state index contributed by atoms with van der Waals surface area (Å²) < 4.78 is 5.14. The number of imidazole rings is 1. The second-order valence-corrected chi connectivity index (χ2v) is 5.36. The summed E-state index contributed by atoms with van der Waals surface area (Å²) in [6, 6.07) is 6.48. The van der Waals surface area contributed by atoms with Gasteiger partial charge in [0.2, 0.25) is 0 Å². The third-order valence-corrected chi connectivity index (χ3v) is 3.97. The Morgan fingerprint density at radius 3 is 2.80 bits per heavy atom. The van der Waals surface area contributed by atoms with Gasteiger partial charge in [-0.3, -0.25) is 9.80 Å². The zero-order chi connectivity index (χ0) is 13.8. The van der Waals surface area contributed by atoms with Crippen LogP contribution in [0.4, 0.5) is 0 Å². The summed E-state index contributed by atoms with van der Waals surface area (Å²) >= 11 is 0. The summed E-state index contributed by atoms with van der Waals surface area (Å²) in [6.07, 6.45) is 1.75. The van der Waals surface area contributed by atoms with E-state index in [-0.39, 0.29) is 0 Å². The van der Waals surface area contributed by atoms with Crippen LogP contribution in [0.5, 0.6) is 0 Å². The van der Waals surface area contributed by atoms with E-state index in [2.05, 4.69) is 38.0 Å². The molecule has 0 amide bonds. The van der Waals surface area contributed by atoms with Gasteiger partial charge in [-0.15, -0.1) is 0 Å². The van der Waals surface area contributed by atoms with Crippen molar-refractivity contribution in [3.63, 3.8) is 0 Å². The van der Waals surface area contributed by atoms with E-state index in [9.17, 15) is 0 Å². The van der Waals surface area contributed by atoms with Crippen molar-refractivity contribution in [2.45, 2.75) is 6.54 Å². The van der Waals surface area contributed by atoms with E-state index >= 15 is 0 Å². The van der Waals surface area contributed by atoms with Crippen LogP contribution >= 0.6 is 0 Å². The molecule has 0 spiro atoms. The summed E-state index contributed by atoms with van der Waals surface area (Å²) in [5, 5.41) is 0. The van der Waals surface area contributed by atoms with Gasteiger partial charge in [0.1, 0.15) is 0 Å². The van der Waals surface area contributed by atoms with Crippen LogP contribution in [0.1, 0.15) is 5.56 Å². The molecule has 0 saturated carbocycles. The first-order chi connectivity index (χ1) is 9.85. The molecule has 0 atom stereocenters. The SMILES string of the molecule is COCCN1CCN(Cc2ccc3nc[nH]c3c2)CC1. The molecule has 1 aromatic heterocycles. The van der Waals surface area contributed by atoms with Crippen molar-refractivity contribution in [3.8, 4) is 0 Å². The molecule has 1 saturated heterocycles. The van der Waals surface area contributed by atoms with Gasteiger partial charge in [-0.05, 0) is 17.7 Å². The topological polar surface area (TPSA) is 44.4 Å². The zero-order valence-electron chi connectivity index (χ0n) is 12.0. The number of hydrogen-bond acceptors (Lipinski definition) is 4. The maximum atomic E-state index is 5.14. The monoisotopic (exact) mass is 274 g/mol. The smallest absolute Gasteiger partial charge is 0.0931 e. The Labute approximate surface area is 119 Å². The van der Waals surface area contributed by atoms with Gasteiger partial charge < -0.3 is 9.72 Å². The summed E-state index contributed by atoms with van der Waals surface area (Å²) in [5.41, 5.74) is 3.52. The number of piperazine rings is 1. The van der Waals surface area contributed by atoms with E-state index in [1.807, 2.05) is 0 Å². The average molecular weight is 274 g/mol. The van der Waals surface area contributed by atoms with Crippen molar-refractivity contribution < 1.29 is 4.74 Å². The summed E-state index contributed by atoms with van der Waals surface area (Å²) in [4.78, 5) is 12.4.